The molecule has 78 valence electrons. The lowest BCUT2D eigenvalue weighted by atomic mass is 10.1. The van der Waals surface area contributed by atoms with E-state index < -0.39 is 0 Å². The van der Waals surface area contributed by atoms with Gasteiger partial charge >= 0.3 is 11.5 Å². The lowest BCUT2D eigenvalue weighted by molar-refractivity contribution is -0.171. The smallest absolute Gasteiger partial charge is 0.210 e. The highest BCUT2D eigenvalue weighted by Gasteiger charge is 2.25. The molecule has 0 aliphatic carbocycles. The predicted octanol–water partition coefficient (Wildman–Crippen LogP) is 3.92. The highest BCUT2D eigenvalue weighted by molar-refractivity contribution is 8.00. The van der Waals surface area contributed by atoms with Crippen molar-refractivity contribution < 1.29 is 4.42 Å². The molecule has 0 saturated heterocycles. The van der Waals surface area contributed by atoms with E-state index in [1.807, 2.05) is 48.2 Å². The second-order valence-electron chi connectivity index (χ2n) is 3.63. The van der Waals surface area contributed by atoms with Crippen LogP contribution in [0.5, 0.6) is 5.75 Å². The minimum Gasteiger partial charge on any atom is -0.210 e. The van der Waals surface area contributed by atoms with E-state index in [2.05, 4.69) is 18.2 Å². The van der Waals surface area contributed by atoms with Crippen LogP contribution in [0.4, 0.5) is 0 Å². The summed E-state index contributed by atoms with van der Waals surface area (Å²) in [6.45, 7) is 0. The molecular formula is C14H11OS+. The Labute approximate surface area is 98.8 Å². The minimum atomic E-state index is 0.904. The summed E-state index contributed by atoms with van der Waals surface area (Å²) in [5.74, 6) is 2.92. The fourth-order valence-corrected chi connectivity index (χ4v) is 2.66. The van der Waals surface area contributed by atoms with Crippen molar-refractivity contribution >= 4 is 17.5 Å². The Kier molecular flexibility index (Phi) is 2.50. The summed E-state index contributed by atoms with van der Waals surface area (Å²) in [4.78, 5) is 1.22. The zero-order valence-electron chi connectivity index (χ0n) is 8.72. The SMILES string of the molecule is c1ccc(C2=[O+]c3ccccc3SC2)cc1. The van der Waals surface area contributed by atoms with Crippen LogP contribution in [0.3, 0.4) is 0 Å². The molecule has 0 radical (unpaired) electrons. The summed E-state index contributed by atoms with van der Waals surface area (Å²) < 4.78 is 5.91. The van der Waals surface area contributed by atoms with Crippen LogP contribution in [0.25, 0.3) is 0 Å². The van der Waals surface area contributed by atoms with Gasteiger partial charge in [0.25, 0.3) is 0 Å². The molecule has 0 aromatic heterocycles. The third-order valence-electron chi connectivity index (χ3n) is 2.54. The predicted molar refractivity (Wildman–Crippen MR) is 67.4 cm³/mol. The number of fused-ring (bicyclic) bond motifs is 1. The van der Waals surface area contributed by atoms with Crippen LogP contribution in [0.15, 0.2) is 59.5 Å². The topological polar surface area (TPSA) is 11.3 Å². The van der Waals surface area contributed by atoms with E-state index in [0.29, 0.717) is 0 Å². The maximum absolute atomic E-state index is 5.91. The molecule has 2 heteroatoms. The highest BCUT2D eigenvalue weighted by Crippen LogP contribution is 2.35. The summed E-state index contributed by atoms with van der Waals surface area (Å²) in [5, 5.41) is 0. The van der Waals surface area contributed by atoms with E-state index in [0.717, 1.165) is 17.3 Å². The van der Waals surface area contributed by atoms with Crippen molar-refractivity contribution in [2.75, 3.05) is 5.75 Å². The molecule has 0 atom stereocenters. The monoisotopic (exact) mass is 227 g/mol. The molecule has 1 nitrogen and oxygen atoms in total. The number of rotatable bonds is 1. The van der Waals surface area contributed by atoms with E-state index >= 15 is 0 Å². The molecule has 2 aromatic rings. The van der Waals surface area contributed by atoms with E-state index in [1.54, 1.807) is 0 Å². The van der Waals surface area contributed by atoms with Gasteiger partial charge in [-0.1, -0.05) is 30.3 Å². The second kappa shape index (κ2) is 4.14. The summed E-state index contributed by atoms with van der Waals surface area (Å²) in [7, 11) is 0. The van der Waals surface area contributed by atoms with Crippen LogP contribution < -0.4 is 0 Å². The normalized spacial score (nSPS) is 14.1. The van der Waals surface area contributed by atoms with Gasteiger partial charge in [0.05, 0.1) is 5.56 Å². The molecule has 0 fully saturated rings. The maximum Gasteiger partial charge on any atom is 0.366 e. The first kappa shape index (κ1) is 9.67. The van der Waals surface area contributed by atoms with Crippen LogP contribution in [-0.2, 0) is 0 Å². The Balaban J connectivity index is 2.04. The van der Waals surface area contributed by atoms with Crippen molar-refractivity contribution in [3.63, 3.8) is 0 Å². The number of hydrogen-bond donors (Lipinski definition) is 0. The van der Waals surface area contributed by atoms with Gasteiger partial charge in [0, 0.05) is 6.07 Å². The fourth-order valence-electron chi connectivity index (χ4n) is 1.73. The Bertz CT molecular complexity index is 531. The van der Waals surface area contributed by atoms with Gasteiger partial charge in [-0.25, -0.2) is 4.42 Å². The molecule has 1 aliphatic heterocycles. The van der Waals surface area contributed by atoms with Gasteiger partial charge < -0.3 is 0 Å². The molecule has 1 aliphatic rings. The number of para-hydroxylation sites is 1. The Hall–Kier alpha value is -1.54. The van der Waals surface area contributed by atoms with E-state index in [9.17, 15) is 0 Å². The van der Waals surface area contributed by atoms with Crippen LogP contribution in [0.2, 0.25) is 0 Å². The van der Waals surface area contributed by atoms with Crippen molar-refractivity contribution in [1.82, 2.24) is 0 Å². The Morgan fingerprint density at radius 2 is 1.62 bits per heavy atom. The molecule has 1 heterocycles. The lowest BCUT2D eigenvalue weighted by Crippen LogP contribution is -2.07. The summed E-state index contributed by atoms with van der Waals surface area (Å²) >= 11 is 1.83. The molecule has 0 bridgehead atoms. The fraction of sp³-hybridized carbons (Fsp3) is 0.0714. The van der Waals surface area contributed by atoms with Gasteiger partial charge in [0.2, 0.25) is 0 Å². The summed E-state index contributed by atoms with van der Waals surface area (Å²) in [6.07, 6.45) is 0. The molecule has 0 amide bonds. The molecular weight excluding hydrogens is 216 g/mol. The molecule has 0 spiro atoms. The van der Waals surface area contributed by atoms with Crippen molar-refractivity contribution in [2.45, 2.75) is 4.90 Å². The first-order chi connectivity index (χ1) is 7.93. The number of carbonyl (C=O) groups excluding carboxylic acids is 1. The second-order valence-corrected chi connectivity index (χ2v) is 4.64. The summed E-state index contributed by atoms with van der Waals surface area (Å²) in [6, 6.07) is 18.4. The largest absolute Gasteiger partial charge is 0.366 e. The Morgan fingerprint density at radius 3 is 2.50 bits per heavy atom. The van der Waals surface area contributed by atoms with Gasteiger partial charge in [0.15, 0.2) is 0 Å². The van der Waals surface area contributed by atoms with Crippen molar-refractivity contribution in [3.8, 4) is 5.75 Å². The van der Waals surface area contributed by atoms with Crippen LogP contribution >= 0.6 is 11.8 Å². The van der Waals surface area contributed by atoms with Crippen molar-refractivity contribution in [3.05, 3.63) is 60.2 Å². The molecule has 0 saturated carbocycles. The number of ketones is 1. The highest BCUT2D eigenvalue weighted by atomic mass is 32.2. The first-order valence-corrected chi connectivity index (χ1v) is 6.23. The zero-order chi connectivity index (χ0) is 10.8. The van der Waals surface area contributed by atoms with E-state index in [1.165, 1.54) is 10.5 Å². The van der Waals surface area contributed by atoms with E-state index in [4.69, 9.17) is 4.42 Å². The van der Waals surface area contributed by atoms with Gasteiger partial charge in [-0.2, -0.15) is 0 Å². The number of benzene rings is 2. The van der Waals surface area contributed by atoms with Crippen molar-refractivity contribution in [1.29, 1.82) is 0 Å². The Morgan fingerprint density at radius 1 is 0.875 bits per heavy atom. The zero-order valence-corrected chi connectivity index (χ0v) is 9.54. The minimum absolute atomic E-state index is 0.904. The first-order valence-electron chi connectivity index (χ1n) is 5.24. The molecule has 2 aromatic carbocycles. The maximum atomic E-state index is 5.91. The lowest BCUT2D eigenvalue weighted by Gasteiger charge is -2.03. The van der Waals surface area contributed by atoms with Crippen LogP contribution in [-0.4, -0.2) is 11.5 Å². The quantitative estimate of drug-likeness (QED) is 0.672. The molecule has 0 N–H and O–H groups in total. The number of hydrogen-bond acceptors (Lipinski definition) is 1. The van der Waals surface area contributed by atoms with Gasteiger partial charge in [-0.15, -0.1) is 11.8 Å². The molecule has 16 heavy (non-hydrogen) atoms. The summed E-state index contributed by atoms with van der Waals surface area (Å²) in [5.41, 5.74) is 1.17. The average Bonchev–Trinajstić information content (AvgIpc) is 2.39. The standard InChI is InChI=1S/C14H11OS/c1-2-6-11(7-3-1)13-10-16-14-9-5-4-8-12(14)15-13/h1-9H,10H2/q+1. The van der Waals surface area contributed by atoms with E-state index in [-0.39, 0.29) is 0 Å². The third kappa shape index (κ3) is 1.76. The molecule has 3 rings (SSSR count). The van der Waals surface area contributed by atoms with Gasteiger partial charge in [-0.3, -0.25) is 0 Å². The van der Waals surface area contributed by atoms with Gasteiger partial charge in [-0.05, 0) is 18.2 Å². The van der Waals surface area contributed by atoms with Crippen molar-refractivity contribution in [2.24, 2.45) is 0 Å². The number of thioether (sulfide) groups is 1. The average molecular weight is 227 g/mol. The van der Waals surface area contributed by atoms with Gasteiger partial charge in [0.1, 0.15) is 10.6 Å². The van der Waals surface area contributed by atoms with Crippen LogP contribution in [0.1, 0.15) is 9.99 Å². The van der Waals surface area contributed by atoms with Crippen LogP contribution in [0, 0.1) is 0 Å². The third-order valence-corrected chi connectivity index (χ3v) is 3.59. The molecule has 0 unspecified atom stereocenters.